The third-order valence-corrected chi connectivity index (χ3v) is 4.74. The van der Waals surface area contributed by atoms with Crippen LogP contribution in [0.25, 0.3) is 4.96 Å². The molecule has 108 valence electrons. The van der Waals surface area contributed by atoms with Gasteiger partial charge in [0.15, 0.2) is 0 Å². The minimum absolute atomic E-state index is 0.123. The number of aliphatic hydroxyl groups excluding tert-OH is 1. The zero-order valence-corrected chi connectivity index (χ0v) is 12.4. The van der Waals surface area contributed by atoms with Crippen LogP contribution in [0.15, 0.2) is 10.9 Å². The molecule has 0 aromatic carbocycles. The Morgan fingerprint density at radius 2 is 2.30 bits per heavy atom. The summed E-state index contributed by atoms with van der Waals surface area (Å²) in [6.07, 6.45) is 2.32. The first-order chi connectivity index (χ1) is 9.56. The van der Waals surface area contributed by atoms with Crippen LogP contribution >= 0.6 is 11.3 Å². The second kappa shape index (κ2) is 5.14. The molecule has 3 rings (SSSR count). The van der Waals surface area contributed by atoms with Gasteiger partial charge in [-0.2, -0.15) is 4.52 Å². The van der Waals surface area contributed by atoms with E-state index in [0.29, 0.717) is 10.9 Å². The lowest BCUT2D eigenvalue weighted by molar-refractivity contribution is 0.0464. The zero-order valence-electron chi connectivity index (χ0n) is 11.6. The van der Waals surface area contributed by atoms with Crippen LogP contribution in [-0.2, 0) is 6.42 Å². The molecule has 0 bridgehead atoms. The second-order valence-corrected chi connectivity index (χ2v) is 6.32. The van der Waals surface area contributed by atoms with Crippen molar-refractivity contribution in [3.05, 3.63) is 22.1 Å². The highest BCUT2D eigenvalue weighted by molar-refractivity contribution is 7.20. The van der Waals surface area contributed by atoms with Gasteiger partial charge in [0, 0.05) is 25.4 Å². The van der Waals surface area contributed by atoms with Gasteiger partial charge in [-0.25, -0.2) is 4.98 Å². The van der Waals surface area contributed by atoms with Gasteiger partial charge < -0.3 is 10.0 Å². The SMILES string of the molecule is CCc1cc(=O)n2nc(N(C)CC3CC(O)C3)sc2n1. The van der Waals surface area contributed by atoms with Crippen molar-refractivity contribution in [2.75, 3.05) is 18.5 Å². The summed E-state index contributed by atoms with van der Waals surface area (Å²) in [6.45, 7) is 2.83. The largest absolute Gasteiger partial charge is 0.393 e. The van der Waals surface area contributed by atoms with E-state index in [2.05, 4.69) is 10.1 Å². The summed E-state index contributed by atoms with van der Waals surface area (Å²) in [5.41, 5.74) is 0.678. The van der Waals surface area contributed by atoms with Crippen molar-refractivity contribution in [2.24, 2.45) is 5.92 Å². The van der Waals surface area contributed by atoms with Gasteiger partial charge in [0.25, 0.3) is 5.56 Å². The van der Waals surface area contributed by atoms with E-state index in [-0.39, 0.29) is 11.7 Å². The quantitative estimate of drug-likeness (QED) is 0.908. The van der Waals surface area contributed by atoms with Crippen molar-refractivity contribution in [1.29, 1.82) is 0 Å². The van der Waals surface area contributed by atoms with Crippen molar-refractivity contribution in [2.45, 2.75) is 32.3 Å². The normalized spacial score (nSPS) is 21.9. The zero-order chi connectivity index (χ0) is 14.3. The average molecular weight is 294 g/mol. The van der Waals surface area contributed by atoms with Crippen LogP contribution < -0.4 is 10.5 Å². The lowest BCUT2D eigenvalue weighted by atomic mass is 9.82. The predicted octanol–water partition coefficient (Wildman–Crippen LogP) is 0.920. The van der Waals surface area contributed by atoms with Crippen LogP contribution in [0.5, 0.6) is 0 Å². The molecule has 0 saturated heterocycles. The minimum atomic E-state index is -0.139. The molecule has 1 N–H and O–H groups in total. The van der Waals surface area contributed by atoms with E-state index in [4.69, 9.17) is 0 Å². The summed E-state index contributed by atoms with van der Waals surface area (Å²) < 4.78 is 1.37. The Morgan fingerprint density at radius 1 is 1.55 bits per heavy atom. The van der Waals surface area contributed by atoms with Gasteiger partial charge in [0.2, 0.25) is 10.1 Å². The number of aromatic nitrogens is 3. The molecule has 2 aromatic heterocycles. The maximum atomic E-state index is 11.9. The summed E-state index contributed by atoms with van der Waals surface area (Å²) in [4.78, 5) is 19.1. The molecule has 0 spiro atoms. The predicted molar refractivity (Wildman–Crippen MR) is 78.5 cm³/mol. The molecule has 6 nitrogen and oxygen atoms in total. The van der Waals surface area contributed by atoms with E-state index in [1.54, 1.807) is 6.07 Å². The maximum Gasteiger partial charge on any atom is 0.275 e. The summed E-state index contributed by atoms with van der Waals surface area (Å²) in [5, 5.41) is 14.5. The highest BCUT2D eigenvalue weighted by Gasteiger charge is 2.28. The van der Waals surface area contributed by atoms with Gasteiger partial charge >= 0.3 is 0 Å². The molecule has 20 heavy (non-hydrogen) atoms. The Kier molecular flexibility index (Phi) is 3.47. The first-order valence-corrected chi connectivity index (χ1v) is 7.67. The van der Waals surface area contributed by atoms with Crippen LogP contribution in [-0.4, -0.2) is 39.4 Å². The number of fused-ring (bicyclic) bond motifs is 1. The van der Waals surface area contributed by atoms with Crippen LogP contribution in [0.2, 0.25) is 0 Å². The van der Waals surface area contributed by atoms with Crippen molar-refractivity contribution in [1.82, 2.24) is 14.6 Å². The fourth-order valence-electron chi connectivity index (χ4n) is 2.50. The molecule has 7 heteroatoms. The Bertz CT molecular complexity index is 675. The van der Waals surface area contributed by atoms with E-state index in [9.17, 15) is 9.90 Å². The molecule has 1 aliphatic rings. The summed E-state index contributed by atoms with van der Waals surface area (Å²) in [7, 11) is 1.97. The van der Waals surface area contributed by atoms with Gasteiger partial charge in [0.1, 0.15) is 0 Å². The maximum absolute atomic E-state index is 11.9. The number of hydrogen-bond acceptors (Lipinski definition) is 6. The van der Waals surface area contributed by atoms with Crippen LogP contribution in [0, 0.1) is 5.92 Å². The molecule has 0 radical (unpaired) electrons. The number of aliphatic hydroxyl groups is 1. The van der Waals surface area contributed by atoms with Gasteiger partial charge in [0.05, 0.1) is 6.10 Å². The third kappa shape index (κ3) is 2.43. The molecule has 2 aromatic rings. The third-order valence-electron chi connectivity index (χ3n) is 3.72. The lowest BCUT2D eigenvalue weighted by Gasteiger charge is -2.34. The molecule has 1 aliphatic carbocycles. The van der Waals surface area contributed by atoms with E-state index in [1.165, 1.54) is 15.9 Å². The van der Waals surface area contributed by atoms with Crippen molar-refractivity contribution in [3.8, 4) is 0 Å². The number of nitrogens with zero attached hydrogens (tertiary/aromatic N) is 4. The first kappa shape index (κ1) is 13.5. The van der Waals surface area contributed by atoms with Crippen LogP contribution in [0.1, 0.15) is 25.5 Å². The topological polar surface area (TPSA) is 70.7 Å². The Balaban J connectivity index is 1.84. The fraction of sp³-hybridized carbons (Fsp3) is 0.615. The van der Waals surface area contributed by atoms with E-state index < -0.39 is 0 Å². The number of rotatable bonds is 4. The molecular weight excluding hydrogens is 276 g/mol. The van der Waals surface area contributed by atoms with Gasteiger partial charge in [-0.15, -0.1) is 5.10 Å². The highest BCUT2D eigenvalue weighted by Crippen LogP contribution is 2.30. The molecular formula is C13H18N4O2S. The standard InChI is InChI=1S/C13H18N4O2S/c1-3-9-6-11(19)17-12(14-9)20-13(15-17)16(2)7-8-4-10(18)5-8/h6,8,10,18H,3-5,7H2,1-2H3. The lowest BCUT2D eigenvalue weighted by Crippen LogP contribution is -2.37. The van der Waals surface area contributed by atoms with Crippen LogP contribution in [0.3, 0.4) is 0 Å². The smallest absolute Gasteiger partial charge is 0.275 e. The number of aryl methyl sites for hydroxylation is 1. The number of anilines is 1. The molecule has 0 aliphatic heterocycles. The molecule has 1 fully saturated rings. The number of hydrogen-bond donors (Lipinski definition) is 1. The van der Waals surface area contributed by atoms with Crippen molar-refractivity contribution >= 4 is 21.4 Å². The fourth-order valence-corrected chi connectivity index (χ4v) is 3.39. The minimum Gasteiger partial charge on any atom is -0.393 e. The highest BCUT2D eigenvalue weighted by atomic mass is 32.1. The summed E-state index contributed by atoms with van der Waals surface area (Å²) >= 11 is 1.43. The van der Waals surface area contributed by atoms with Gasteiger partial charge in [-0.3, -0.25) is 4.79 Å². The molecule has 1 saturated carbocycles. The van der Waals surface area contributed by atoms with Gasteiger partial charge in [-0.05, 0) is 25.2 Å². The molecule has 0 amide bonds. The molecule has 0 unspecified atom stereocenters. The molecule has 0 atom stereocenters. The Morgan fingerprint density at radius 3 is 2.95 bits per heavy atom. The Hall–Kier alpha value is -1.47. The van der Waals surface area contributed by atoms with Crippen molar-refractivity contribution in [3.63, 3.8) is 0 Å². The van der Waals surface area contributed by atoms with Crippen molar-refractivity contribution < 1.29 is 5.11 Å². The monoisotopic (exact) mass is 294 g/mol. The van der Waals surface area contributed by atoms with E-state index >= 15 is 0 Å². The summed E-state index contributed by atoms with van der Waals surface area (Å²) in [5.74, 6) is 0.512. The Labute approximate surface area is 120 Å². The van der Waals surface area contributed by atoms with E-state index in [1.807, 2.05) is 18.9 Å². The average Bonchev–Trinajstić information content (AvgIpc) is 2.81. The van der Waals surface area contributed by atoms with Gasteiger partial charge in [-0.1, -0.05) is 18.3 Å². The van der Waals surface area contributed by atoms with E-state index in [0.717, 1.165) is 36.6 Å². The second-order valence-electron chi connectivity index (χ2n) is 5.39. The van der Waals surface area contributed by atoms with Crippen LogP contribution in [0.4, 0.5) is 5.13 Å². The summed E-state index contributed by atoms with van der Waals surface area (Å²) in [6, 6.07) is 1.54. The molecule has 2 heterocycles. The first-order valence-electron chi connectivity index (χ1n) is 6.85.